The van der Waals surface area contributed by atoms with E-state index >= 15 is 0 Å². The molecule has 0 spiro atoms. The predicted molar refractivity (Wildman–Crippen MR) is 127 cm³/mol. The van der Waals surface area contributed by atoms with E-state index in [4.69, 9.17) is 5.73 Å². The van der Waals surface area contributed by atoms with Crippen LogP contribution < -0.4 is 27.3 Å². The Morgan fingerprint density at radius 1 is 0.912 bits per heavy atom. The Kier molecular flexibility index (Phi) is 7.27. The number of primary amides is 1. The minimum absolute atomic E-state index is 0. The molecule has 2 atom stereocenters. The van der Waals surface area contributed by atoms with E-state index in [2.05, 4.69) is 28.1 Å². The van der Waals surface area contributed by atoms with E-state index < -0.39 is 5.41 Å². The molecule has 4 aromatic rings. The molecule has 0 aliphatic heterocycles. The molecule has 2 N–H and O–H groups in total. The van der Waals surface area contributed by atoms with E-state index in [1.54, 1.807) is 0 Å². The van der Waals surface area contributed by atoms with Gasteiger partial charge in [0, 0.05) is 5.10 Å². The van der Waals surface area contributed by atoms with Gasteiger partial charge < -0.3 is 22.7 Å². The Morgan fingerprint density at radius 3 is 2.03 bits per heavy atom. The van der Waals surface area contributed by atoms with E-state index in [0.717, 1.165) is 36.9 Å². The molecule has 5 nitrogen and oxygen atoms in total. The molecule has 1 aromatic heterocycles. The van der Waals surface area contributed by atoms with Crippen molar-refractivity contribution < 1.29 is 26.3 Å². The van der Waals surface area contributed by atoms with Crippen molar-refractivity contribution in [1.29, 1.82) is 0 Å². The first-order chi connectivity index (χ1) is 16.2. The molecule has 6 heteroatoms. The minimum Gasteiger partial charge on any atom is -1.00 e. The lowest BCUT2D eigenvalue weighted by atomic mass is 9.64. The maximum Gasteiger partial charge on any atom is 0.265 e. The summed E-state index contributed by atoms with van der Waals surface area (Å²) in [7, 11) is 0. The van der Waals surface area contributed by atoms with Gasteiger partial charge in [0.15, 0.2) is 0 Å². The first-order valence-corrected chi connectivity index (χ1v) is 11.6. The van der Waals surface area contributed by atoms with Crippen LogP contribution in [0.4, 0.5) is 0 Å². The number of nitrogens with two attached hydrogens (primary N) is 1. The molecule has 1 saturated carbocycles. The highest BCUT2D eigenvalue weighted by Gasteiger charge is 2.50. The molecule has 1 amide bonds. The lowest BCUT2D eigenvalue weighted by Crippen LogP contribution is -3.00. The predicted octanol–water partition coefficient (Wildman–Crippen LogP) is 1.04. The number of amides is 1. The van der Waals surface area contributed by atoms with Crippen LogP contribution in [0.3, 0.4) is 0 Å². The molecule has 1 heterocycles. The summed E-state index contributed by atoms with van der Waals surface area (Å²) in [5.41, 5.74) is 8.54. The van der Waals surface area contributed by atoms with E-state index in [1.165, 1.54) is 5.56 Å². The third-order valence-corrected chi connectivity index (χ3v) is 7.07. The van der Waals surface area contributed by atoms with E-state index in [-0.39, 0.29) is 34.8 Å². The Bertz CT molecular complexity index is 1170. The fourth-order valence-corrected chi connectivity index (χ4v) is 5.53. The molecule has 0 unspecified atom stereocenters. The number of aromatic nitrogens is 3. The number of rotatable bonds is 7. The topological polar surface area (TPSA) is 64.8 Å². The van der Waals surface area contributed by atoms with Crippen molar-refractivity contribution in [1.82, 2.24) is 9.78 Å². The second kappa shape index (κ2) is 10.3. The summed E-state index contributed by atoms with van der Waals surface area (Å²) in [6.07, 6.45) is 6.77. The molecule has 5 rings (SSSR count). The monoisotopic (exact) mass is 516 g/mol. The Labute approximate surface area is 211 Å². The van der Waals surface area contributed by atoms with Gasteiger partial charge in [-0.1, -0.05) is 91.0 Å². The maximum absolute atomic E-state index is 13.3. The Morgan fingerprint density at radius 2 is 1.47 bits per heavy atom. The van der Waals surface area contributed by atoms with Crippen LogP contribution in [-0.4, -0.2) is 15.7 Å². The molecule has 174 valence electrons. The van der Waals surface area contributed by atoms with Gasteiger partial charge in [-0.3, -0.25) is 4.79 Å². The number of carbonyl (C=O) groups is 1. The number of hydrogen-bond acceptors (Lipinski definition) is 2. The molecule has 1 fully saturated rings. The van der Waals surface area contributed by atoms with Gasteiger partial charge in [-0.15, -0.1) is 4.68 Å². The molecule has 3 aromatic carbocycles. The molecule has 34 heavy (non-hydrogen) atoms. The molecular formula is C28H29BrN4O. The van der Waals surface area contributed by atoms with Gasteiger partial charge in [-0.25, -0.2) is 4.57 Å². The zero-order valence-electron chi connectivity index (χ0n) is 19.0. The van der Waals surface area contributed by atoms with Gasteiger partial charge in [0.25, 0.3) is 6.33 Å². The number of carbonyl (C=O) groups excluding carboxylic acids is 1. The smallest absolute Gasteiger partial charge is 0.265 e. The minimum atomic E-state index is -0.849. The first-order valence-electron chi connectivity index (χ1n) is 11.6. The average Bonchev–Trinajstić information content (AvgIpc) is 3.52. The van der Waals surface area contributed by atoms with Crippen molar-refractivity contribution in [3.05, 3.63) is 120 Å². The molecular weight excluding hydrogens is 488 g/mol. The highest BCUT2D eigenvalue weighted by molar-refractivity contribution is 5.91. The summed E-state index contributed by atoms with van der Waals surface area (Å²) in [4.78, 5) is 13.3. The number of halogens is 1. The highest BCUT2D eigenvalue weighted by Crippen LogP contribution is 2.48. The molecule has 0 saturated heterocycles. The summed E-state index contributed by atoms with van der Waals surface area (Å²) in [5, 5.41) is 4.58. The van der Waals surface area contributed by atoms with Crippen LogP contribution in [0.2, 0.25) is 0 Å². The zero-order chi connectivity index (χ0) is 22.7. The summed E-state index contributed by atoms with van der Waals surface area (Å²) in [6.45, 7) is 0.739. The van der Waals surface area contributed by atoms with Crippen molar-refractivity contribution in [3.8, 4) is 0 Å². The highest BCUT2D eigenvalue weighted by atomic mass is 79.9. The van der Waals surface area contributed by atoms with E-state index in [1.807, 2.05) is 89.9 Å². The molecule has 0 radical (unpaired) electrons. The zero-order valence-corrected chi connectivity index (χ0v) is 20.6. The van der Waals surface area contributed by atoms with Crippen LogP contribution in [0.15, 0.2) is 104 Å². The van der Waals surface area contributed by atoms with Gasteiger partial charge in [-0.2, -0.15) is 0 Å². The van der Waals surface area contributed by atoms with Gasteiger partial charge in [0.1, 0.15) is 12.0 Å². The summed E-state index contributed by atoms with van der Waals surface area (Å²) in [5.74, 6) is -0.176. The van der Waals surface area contributed by atoms with E-state index in [0.29, 0.717) is 0 Å². The van der Waals surface area contributed by atoms with Crippen molar-refractivity contribution in [2.24, 2.45) is 11.7 Å². The van der Waals surface area contributed by atoms with Crippen LogP contribution in [0.5, 0.6) is 0 Å². The lowest BCUT2D eigenvalue weighted by molar-refractivity contribution is -0.722. The third kappa shape index (κ3) is 4.42. The standard InChI is InChI=1S/C28H28N4O.BrH/c29-27(33)28(23-12-6-2-7-13-23,24-14-8-3-9-15-24)25-16-17-26(18-25)31-20-30-32(21-31)19-22-10-4-1-5-11-22;/h1-15,20-21,25-26H,16-19H2,(H-,29,33);1H/t25-,26+;/m0./s1. The third-order valence-electron chi connectivity index (χ3n) is 7.07. The van der Waals surface area contributed by atoms with Crippen LogP contribution in [-0.2, 0) is 16.8 Å². The summed E-state index contributed by atoms with van der Waals surface area (Å²) in [6, 6.07) is 30.7. The normalized spacial score (nSPS) is 17.8. The van der Waals surface area contributed by atoms with E-state index in [9.17, 15) is 4.79 Å². The van der Waals surface area contributed by atoms with Gasteiger partial charge >= 0.3 is 0 Å². The maximum atomic E-state index is 13.3. The molecule has 0 bridgehead atoms. The fourth-order valence-electron chi connectivity index (χ4n) is 5.53. The Balaban J connectivity index is 0.00000274. The summed E-state index contributed by atoms with van der Waals surface area (Å²) < 4.78 is 4.17. The van der Waals surface area contributed by atoms with Crippen LogP contribution in [0, 0.1) is 5.92 Å². The SMILES string of the molecule is NC(=O)C(c1ccccc1)(c1ccccc1)[C@H]1CC[C@@H]([n+]2cnn(Cc3ccccc3)c2)C1.[Br-]. The first kappa shape index (κ1) is 23.9. The average molecular weight is 517 g/mol. The second-order valence-corrected chi connectivity index (χ2v) is 8.94. The van der Waals surface area contributed by atoms with Gasteiger partial charge in [0.05, 0.1) is 6.04 Å². The van der Waals surface area contributed by atoms with Crippen LogP contribution in [0.25, 0.3) is 0 Å². The number of benzene rings is 3. The largest absolute Gasteiger partial charge is 1.00 e. The quantitative estimate of drug-likeness (QED) is 0.373. The summed E-state index contributed by atoms with van der Waals surface area (Å²) >= 11 is 0. The molecule has 1 aliphatic rings. The van der Waals surface area contributed by atoms with Crippen molar-refractivity contribution in [2.75, 3.05) is 0 Å². The van der Waals surface area contributed by atoms with Crippen LogP contribution >= 0.6 is 0 Å². The number of hydrogen-bond donors (Lipinski definition) is 1. The Hall–Kier alpha value is -3.25. The number of nitrogens with zero attached hydrogens (tertiary/aromatic N) is 3. The van der Waals surface area contributed by atoms with Crippen LogP contribution in [0.1, 0.15) is 42.0 Å². The van der Waals surface area contributed by atoms with Gasteiger partial charge in [0.2, 0.25) is 12.2 Å². The fraction of sp³-hybridized carbons (Fsp3) is 0.250. The lowest BCUT2D eigenvalue weighted by Gasteiger charge is -2.37. The van der Waals surface area contributed by atoms with Crippen molar-refractivity contribution >= 4 is 5.91 Å². The van der Waals surface area contributed by atoms with Crippen molar-refractivity contribution in [2.45, 2.75) is 37.3 Å². The second-order valence-electron chi connectivity index (χ2n) is 8.94. The van der Waals surface area contributed by atoms with Gasteiger partial charge in [-0.05, 0) is 41.9 Å². The molecule has 1 aliphatic carbocycles. The van der Waals surface area contributed by atoms with Crippen molar-refractivity contribution in [3.63, 3.8) is 0 Å².